The summed E-state index contributed by atoms with van der Waals surface area (Å²) in [6.45, 7) is 0.759. The van der Waals surface area contributed by atoms with E-state index >= 15 is 0 Å². The average molecular weight is 317 g/mol. The number of nitrogens with two attached hydrogens (primary N) is 1. The van der Waals surface area contributed by atoms with E-state index in [4.69, 9.17) is 17.3 Å². The lowest BCUT2D eigenvalue weighted by atomic mass is 10.3. The van der Waals surface area contributed by atoms with Crippen molar-refractivity contribution >= 4 is 34.0 Å². The highest BCUT2D eigenvalue weighted by Crippen LogP contribution is 2.21. The van der Waals surface area contributed by atoms with Gasteiger partial charge in [-0.15, -0.1) is 12.4 Å². The number of benzene rings is 1. The number of sulfonamides is 1. The Morgan fingerprint density at radius 3 is 2.61 bits per heavy atom. The average Bonchev–Trinajstić information content (AvgIpc) is 2.28. The zero-order chi connectivity index (χ0) is 12.9. The number of nitrogens with one attached hydrogen (secondary N) is 1. The molecule has 4 nitrogen and oxygen atoms in total. The van der Waals surface area contributed by atoms with Crippen molar-refractivity contribution < 1.29 is 12.8 Å². The second-order valence-corrected chi connectivity index (χ2v) is 5.61. The van der Waals surface area contributed by atoms with E-state index in [1.54, 1.807) is 0 Å². The Kier molecular flexibility index (Phi) is 7.73. The Labute approximate surface area is 117 Å². The molecule has 0 fully saturated rings. The van der Waals surface area contributed by atoms with Gasteiger partial charge in [-0.25, -0.2) is 17.5 Å². The van der Waals surface area contributed by atoms with Gasteiger partial charge in [0, 0.05) is 6.54 Å². The molecule has 0 heterocycles. The quantitative estimate of drug-likeness (QED) is 0.787. The molecule has 3 N–H and O–H groups in total. The Morgan fingerprint density at radius 2 is 2.00 bits per heavy atom. The number of unbranched alkanes of at least 4 members (excludes halogenated alkanes) is 1. The first-order valence-electron chi connectivity index (χ1n) is 5.12. The van der Waals surface area contributed by atoms with E-state index in [2.05, 4.69) is 4.72 Å². The van der Waals surface area contributed by atoms with E-state index in [0.29, 0.717) is 13.0 Å². The Balaban J connectivity index is 0.00000289. The summed E-state index contributed by atoms with van der Waals surface area (Å²) in [4.78, 5) is -0.244. The maximum absolute atomic E-state index is 13.0. The highest BCUT2D eigenvalue weighted by Gasteiger charge is 2.17. The van der Waals surface area contributed by atoms with Gasteiger partial charge in [-0.05, 0) is 37.6 Å². The molecule has 0 saturated carbocycles. The minimum absolute atomic E-state index is 0. The lowest BCUT2D eigenvalue weighted by Gasteiger charge is -2.08. The van der Waals surface area contributed by atoms with Gasteiger partial charge in [-0.2, -0.15) is 0 Å². The molecular weight excluding hydrogens is 302 g/mol. The summed E-state index contributed by atoms with van der Waals surface area (Å²) in [6, 6.07) is 3.22. The molecule has 8 heteroatoms. The second kappa shape index (κ2) is 7.91. The maximum Gasteiger partial charge on any atom is 0.242 e. The van der Waals surface area contributed by atoms with Crippen molar-refractivity contribution in [2.24, 2.45) is 5.73 Å². The molecule has 0 bridgehead atoms. The van der Waals surface area contributed by atoms with Crippen LogP contribution in [0.4, 0.5) is 4.39 Å². The molecule has 0 saturated heterocycles. The SMILES string of the molecule is Cl.NCCCCNS(=O)(=O)c1cc(F)ccc1Cl. The van der Waals surface area contributed by atoms with E-state index < -0.39 is 15.8 Å². The second-order valence-electron chi connectivity index (χ2n) is 3.47. The molecule has 1 aromatic carbocycles. The number of rotatable bonds is 6. The fourth-order valence-corrected chi connectivity index (χ4v) is 2.82. The Bertz CT molecular complexity index is 483. The van der Waals surface area contributed by atoms with Crippen LogP contribution < -0.4 is 10.5 Å². The summed E-state index contributed by atoms with van der Waals surface area (Å²) in [5, 5.41) is -0.00211. The molecule has 0 atom stereocenters. The van der Waals surface area contributed by atoms with Gasteiger partial charge in [0.25, 0.3) is 0 Å². The molecule has 0 amide bonds. The zero-order valence-electron chi connectivity index (χ0n) is 9.53. The molecule has 1 aromatic rings. The fourth-order valence-electron chi connectivity index (χ4n) is 1.24. The predicted molar refractivity (Wildman–Crippen MR) is 72.1 cm³/mol. The third kappa shape index (κ3) is 5.07. The fraction of sp³-hybridized carbons (Fsp3) is 0.400. The molecule has 0 aliphatic rings. The minimum Gasteiger partial charge on any atom is -0.330 e. The highest BCUT2D eigenvalue weighted by atomic mass is 35.5. The van der Waals surface area contributed by atoms with Crippen molar-refractivity contribution in [1.29, 1.82) is 0 Å². The van der Waals surface area contributed by atoms with Gasteiger partial charge in [0.15, 0.2) is 0 Å². The van der Waals surface area contributed by atoms with E-state index in [-0.39, 0.29) is 28.9 Å². The van der Waals surface area contributed by atoms with Crippen molar-refractivity contribution in [2.45, 2.75) is 17.7 Å². The van der Waals surface area contributed by atoms with Crippen LogP contribution in [-0.2, 0) is 10.0 Å². The largest absolute Gasteiger partial charge is 0.330 e. The van der Waals surface area contributed by atoms with Crippen LogP contribution in [0.2, 0.25) is 5.02 Å². The van der Waals surface area contributed by atoms with Crippen molar-refractivity contribution in [3.63, 3.8) is 0 Å². The first-order valence-corrected chi connectivity index (χ1v) is 6.98. The van der Waals surface area contributed by atoms with Gasteiger partial charge in [0.05, 0.1) is 5.02 Å². The normalized spacial score (nSPS) is 11.1. The summed E-state index contributed by atoms with van der Waals surface area (Å²) in [7, 11) is -3.76. The summed E-state index contributed by atoms with van der Waals surface area (Å²) < 4.78 is 38.8. The third-order valence-corrected chi connectivity index (χ3v) is 4.05. The summed E-state index contributed by atoms with van der Waals surface area (Å²) in [5.74, 6) is -0.642. The van der Waals surface area contributed by atoms with Gasteiger partial charge in [0.1, 0.15) is 10.7 Å². The van der Waals surface area contributed by atoms with E-state index in [9.17, 15) is 12.8 Å². The van der Waals surface area contributed by atoms with Crippen molar-refractivity contribution in [1.82, 2.24) is 4.72 Å². The Morgan fingerprint density at radius 1 is 1.33 bits per heavy atom. The lowest BCUT2D eigenvalue weighted by molar-refractivity contribution is 0.573. The van der Waals surface area contributed by atoms with E-state index in [0.717, 1.165) is 18.6 Å². The van der Waals surface area contributed by atoms with Gasteiger partial charge >= 0.3 is 0 Å². The summed E-state index contributed by atoms with van der Waals surface area (Å²) >= 11 is 5.71. The number of halogens is 3. The summed E-state index contributed by atoms with van der Waals surface area (Å²) in [6.07, 6.45) is 1.35. The van der Waals surface area contributed by atoms with E-state index in [1.165, 1.54) is 6.07 Å². The van der Waals surface area contributed by atoms with Crippen LogP contribution in [0.5, 0.6) is 0 Å². The molecule has 0 aliphatic carbocycles. The maximum atomic E-state index is 13.0. The van der Waals surface area contributed by atoms with Crippen LogP contribution in [0, 0.1) is 5.82 Å². The lowest BCUT2D eigenvalue weighted by Crippen LogP contribution is -2.25. The van der Waals surface area contributed by atoms with Gasteiger partial charge < -0.3 is 5.73 Å². The first kappa shape index (κ1) is 17.6. The van der Waals surface area contributed by atoms with Crippen LogP contribution in [0.1, 0.15) is 12.8 Å². The first-order chi connectivity index (χ1) is 7.97. The molecule has 18 heavy (non-hydrogen) atoms. The standard InChI is InChI=1S/C10H14ClFN2O2S.ClH/c11-9-4-3-8(12)7-10(9)17(15,16)14-6-2-1-5-13;/h3-4,7,14H,1-2,5-6,13H2;1H. The van der Waals surface area contributed by atoms with Crippen LogP contribution in [0.25, 0.3) is 0 Å². The molecular formula is C10H15Cl2FN2O2S. The summed E-state index contributed by atoms with van der Waals surface area (Å²) in [5.41, 5.74) is 5.29. The highest BCUT2D eigenvalue weighted by molar-refractivity contribution is 7.89. The molecule has 0 aliphatic heterocycles. The molecule has 0 unspecified atom stereocenters. The Hall–Kier alpha value is -0.400. The van der Waals surface area contributed by atoms with Crippen molar-refractivity contribution in [2.75, 3.05) is 13.1 Å². The molecule has 0 spiro atoms. The molecule has 104 valence electrons. The molecule has 1 rings (SSSR count). The monoisotopic (exact) mass is 316 g/mol. The number of hydrogen-bond acceptors (Lipinski definition) is 3. The van der Waals surface area contributed by atoms with Crippen LogP contribution in [0.15, 0.2) is 23.1 Å². The van der Waals surface area contributed by atoms with Gasteiger partial charge in [-0.3, -0.25) is 0 Å². The van der Waals surface area contributed by atoms with E-state index in [1.807, 2.05) is 0 Å². The van der Waals surface area contributed by atoms with Crippen LogP contribution in [0.3, 0.4) is 0 Å². The predicted octanol–water partition coefficient (Wildman–Crippen LogP) is 1.92. The minimum atomic E-state index is -3.76. The molecule has 0 radical (unpaired) electrons. The molecule has 0 aromatic heterocycles. The van der Waals surface area contributed by atoms with Gasteiger partial charge in [0.2, 0.25) is 10.0 Å². The topological polar surface area (TPSA) is 72.2 Å². The van der Waals surface area contributed by atoms with Crippen LogP contribution in [-0.4, -0.2) is 21.5 Å². The van der Waals surface area contributed by atoms with Crippen LogP contribution >= 0.6 is 24.0 Å². The zero-order valence-corrected chi connectivity index (χ0v) is 11.9. The van der Waals surface area contributed by atoms with Crippen molar-refractivity contribution in [3.05, 3.63) is 29.0 Å². The van der Waals surface area contributed by atoms with Gasteiger partial charge in [-0.1, -0.05) is 11.6 Å². The van der Waals surface area contributed by atoms with Crippen molar-refractivity contribution in [3.8, 4) is 0 Å². The number of hydrogen-bond donors (Lipinski definition) is 2. The third-order valence-electron chi connectivity index (χ3n) is 2.11. The smallest absolute Gasteiger partial charge is 0.242 e.